The number of carbonyl (C=O) groups is 3. The first-order valence-electron chi connectivity index (χ1n) is 6.00. The molecule has 0 rings (SSSR count). The van der Waals surface area contributed by atoms with Gasteiger partial charge in [0.25, 0.3) is 0 Å². The van der Waals surface area contributed by atoms with Gasteiger partial charge in [-0.2, -0.15) is 0 Å². The maximum atomic E-state index is 11.8. The lowest BCUT2D eigenvalue weighted by molar-refractivity contribution is -0.143. The minimum atomic E-state index is -1.24. The van der Waals surface area contributed by atoms with E-state index in [-0.39, 0.29) is 32.7 Å². The molecule has 110 valence electrons. The molecule has 0 aliphatic carbocycles. The van der Waals surface area contributed by atoms with Gasteiger partial charge in [-0.3, -0.25) is 4.79 Å². The van der Waals surface area contributed by atoms with Crippen molar-refractivity contribution in [3.8, 4) is 0 Å². The van der Waals surface area contributed by atoms with Gasteiger partial charge >= 0.3 is 18.0 Å². The third-order valence-corrected chi connectivity index (χ3v) is 2.31. The molecule has 0 aliphatic heterocycles. The smallest absolute Gasteiger partial charge is 0.326 e. The Labute approximate surface area is 111 Å². The van der Waals surface area contributed by atoms with Crippen molar-refractivity contribution >= 4 is 18.0 Å². The molecule has 0 radical (unpaired) electrons. The number of rotatable bonds is 8. The Balaban J connectivity index is 4.48. The summed E-state index contributed by atoms with van der Waals surface area (Å²) in [5.74, 6) is -1.80. The summed E-state index contributed by atoms with van der Waals surface area (Å²) in [7, 11) is 0. The van der Waals surface area contributed by atoms with Gasteiger partial charge in [-0.15, -0.1) is 0 Å². The minimum Gasteiger partial charge on any atom is -0.480 e. The van der Waals surface area contributed by atoms with Gasteiger partial charge in [0, 0.05) is 19.6 Å². The molecule has 0 aromatic carbocycles. The van der Waals surface area contributed by atoms with Crippen LogP contribution in [0.1, 0.15) is 20.3 Å². The van der Waals surface area contributed by atoms with E-state index in [9.17, 15) is 14.4 Å². The standard InChI is InChI=1S/C11H20N2O6/c1-3-13(7-9(15)19-4-2)11(18)12-8(5-6-14)10(16)17/h8,14H,3-7H2,1-2H3,(H,12,18)(H,16,17)/t8-/m1/s1. The summed E-state index contributed by atoms with van der Waals surface area (Å²) in [6.07, 6.45) is -0.0992. The van der Waals surface area contributed by atoms with E-state index in [4.69, 9.17) is 14.9 Å². The number of carboxylic acid groups (broad SMARTS) is 1. The number of carboxylic acids is 1. The number of aliphatic hydroxyl groups is 1. The Bertz CT molecular complexity index is 320. The van der Waals surface area contributed by atoms with E-state index in [0.29, 0.717) is 0 Å². The molecule has 0 spiro atoms. The van der Waals surface area contributed by atoms with E-state index in [1.807, 2.05) is 0 Å². The monoisotopic (exact) mass is 276 g/mol. The molecule has 0 bridgehead atoms. The second-order valence-corrected chi connectivity index (χ2v) is 3.67. The summed E-state index contributed by atoms with van der Waals surface area (Å²) in [4.78, 5) is 35.0. The Hall–Kier alpha value is -1.83. The molecule has 8 nitrogen and oxygen atoms in total. The number of aliphatic hydroxyl groups excluding tert-OH is 1. The number of likely N-dealkylation sites (N-methyl/N-ethyl adjacent to an activating group) is 1. The average molecular weight is 276 g/mol. The normalized spacial score (nSPS) is 11.5. The van der Waals surface area contributed by atoms with Crippen molar-refractivity contribution in [3.05, 3.63) is 0 Å². The molecule has 0 unspecified atom stereocenters. The van der Waals surface area contributed by atoms with Crippen molar-refractivity contribution in [2.24, 2.45) is 0 Å². The van der Waals surface area contributed by atoms with Crippen LogP contribution in [0.4, 0.5) is 4.79 Å². The van der Waals surface area contributed by atoms with Crippen molar-refractivity contribution in [1.82, 2.24) is 10.2 Å². The molecule has 0 heterocycles. The van der Waals surface area contributed by atoms with Crippen molar-refractivity contribution in [2.45, 2.75) is 26.3 Å². The summed E-state index contributed by atoms with van der Waals surface area (Å²) < 4.78 is 4.71. The summed E-state index contributed by atoms with van der Waals surface area (Å²) in [5, 5.41) is 19.8. The van der Waals surface area contributed by atoms with Gasteiger partial charge < -0.3 is 25.2 Å². The zero-order valence-corrected chi connectivity index (χ0v) is 11.1. The van der Waals surface area contributed by atoms with Crippen LogP contribution < -0.4 is 5.32 Å². The molecule has 0 saturated carbocycles. The average Bonchev–Trinajstić information content (AvgIpc) is 2.35. The van der Waals surface area contributed by atoms with Crippen LogP contribution in [0.25, 0.3) is 0 Å². The number of esters is 1. The van der Waals surface area contributed by atoms with Crippen LogP contribution >= 0.6 is 0 Å². The van der Waals surface area contributed by atoms with E-state index >= 15 is 0 Å². The second-order valence-electron chi connectivity index (χ2n) is 3.67. The van der Waals surface area contributed by atoms with Crippen LogP contribution in [0, 0.1) is 0 Å². The summed E-state index contributed by atoms with van der Waals surface area (Å²) in [6, 6.07) is -1.87. The van der Waals surface area contributed by atoms with Crippen LogP contribution in [0.3, 0.4) is 0 Å². The molecule has 3 N–H and O–H groups in total. The fourth-order valence-corrected chi connectivity index (χ4v) is 1.32. The van der Waals surface area contributed by atoms with Gasteiger partial charge in [0.05, 0.1) is 6.61 Å². The fourth-order valence-electron chi connectivity index (χ4n) is 1.32. The lowest BCUT2D eigenvalue weighted by atomic mass is 10.2. The summed E-state index contributed by atoms with van der Waals surface area (Å²) >= 11 is 0. The number of nitrogens with one attached hydrogen (secondary N) is 1. The number of nitrogens with zero attached hydrogens (tertiary/aromatic N) is 1. The number of ether oxygens (including phenoxy) is 1. The lowest BCUT2D eigenvalue weighted by Gasteiger charge is -2.22. The number of amides is 2. The number of carbonyl (C=O) groups excluding carboxylic acids is 2. The Kier molecular flexibility index (Phi) is 8.27. The molecule has 0 saturated heterocycles. The van der Waals surface area contributed by atoms with E-state index in [1.54, 1.807) is 13.8 Å². The van der Waals surface area contributed by atoms with E-state index in [1.165, 1.54) is 0 Å². The molecular formula is C11H20N2O6. The number of hydrogen-bond acceptors (Lipinski definition) is 5. The van der Waals surface area contributed by atoms with Crippen molar-refractivity contribution in [3.63, 3.8) is 0 Å². The lowest BCUT2D eigenvalue weighted by Crippen LogP contribution is -2.49. The SMILES string of the molecule is CCOC(=O)CN(CC)C(=O)N[C@H](CCO)C(=O)O. The highest BCUT2D eigenvalue weighted by atomic mass is 16.5. The van der Waals surface area contributed by atoms with Gasteiger partial charge in [0.1, 0.15) is 12.6 Å². The van der Waals surface area contributed by atoms with Gasteiger partial charge in [0.15, 0.2) is 0 Å². The van der Waals surface area contributed by atoms with Gasteiger partial charge in [-0.1, -0.05) is 0 Å². The van der Waals surface area contributed by atoms with Gasteiger partial charge in [-0.05, 0) is 13.8 Å². The zero-order chi connectivity index (χ0) is 14.8. The Morgan fingerprint density at radius 3 is 2.37 bits per heavy atom. The first kappa shape index (κ1) is 17.2. The second kappa shape index (κ2) is 9.15. The van der Waals surface area contributed by atoms with Gasteiger partial charge in [-0.25, -0.2) is 9.59 Å². The van der Waals surface area contributed by atoms with Crippen LogP contribution in [-0.4, -0.2) is 65.4 Å². The molecule has 0 aliphatic rings. The minimum absolute atomic E-state index is 0.0992. The van der Waals surface area contributed by atoms with E-state index < -0.39 is 24.0 Å². The molecular weight excluding hydrogens is 256 g/mol. The molecule has 0 aromatic rings. The third-order valence-electron chi connectivity index (χ3n) is 2.31. The first-order valence-corrected chi connectivity index (χ1v) is 6.00. The highest BCUT2D eigenvalue weighted by Gasteiger charge is 2.23. The first-order chi connectivity index (χ1) is 8.96. The predicted molar refractivity (Wildman–Crippen MR) is 65.5 cm³/mol. The van der Waals surface area contributed by atoms with Crippen molar-refractivity contribution in [1.29, 1.82) is 0 Å². The largest absolute Gasteiger partial charge is 0.480 e. The maximum Gasteiger partial charge on any atom is 0.326 e. The number of urea groups is 1. The van der Waals surface area contributed by atoms with Crippen LogP contribution in [0.5, 0.6) is 0 Å². The Morgan fingerprint density at radius 1 is 1.32 bits per heavy atom. The predicted octanol–water partition coefficient (Wildman–Crippen LogP) is -0.583. The fraction of sp³-hybridized carbons (Fsp3) is 0.727. The molecule has 1 atom stereocenters. The zero-order valence-electron chi connectivity index (χ0n) is 11.1. The highest BCUT2D eigenvalue weighted by molar-refractivity contribution is 5.85. The molecule has 8 heteroatoms. The molecule has 0 aromatic heterocycles. The van der Waals surface area contributed by atoms with Gasteiger partial charge in [0.2, 0.25) is 0 Å². The Morgan fingerprint density at radius 2 is 1.95 bits per heavy atom. The van der Waals surface area contributed by atoms with Crippen LogP contribution in [0.2, 0.25) is 0 Å². The molecule has 19 heavy (non-hydrogen) atoms. The van der Waals surface area contributed by atoms with Crippen LogP contribution in [-0.2, 0) is 14.3 Å². The van der Waals surface area contributed by atoms with Crippen LogP contribution in [0.15, 0.2) is 0 Å². The molecule has 0 fully saturated rings. The van der Waals surface area contributed by atoms with E-state index in [0.717, 1.165) is 4.90 Å². The summed E-state index contributed by atoms with van der Waals surface area (Å²) in [6.45, 7) is 3.13. The molecule has 2 amide bonds. The van der Waals surface area contributed by atoms with Crippen molar-refractivity contribution in [2.75, 3.05) is 26.3 Å². The number of aliphatic carboxylic acids is 1. The maximum absolute atomic E-state index is 11.8. The van der Waals surface area contributed by atoms with Crippen molar-refractivity contribution < 1.29 is 29.3 Å². The number of hydrogen-bond donors (Lipinski definition) is 3. The highest BCUT2D eigenvalue weighted by Crippen LogP contribution is 1.97. The topological polar surface area (TPSA) is 116 Å². The summed E-state index contributed by atoms with van der Waals surface area (Å²) in [5.41, 5.74) is 0. The van der Waals surface area contributed by atoms with E-state index in [2.05, 4.69) is 5.32 Å². The third kappa shape index (κ3) is 6.61. The quantitative estimate of drug-likeness (QED) is 0.511.